The monoisotopic (exact) mass is 274 g/mol. The Morgan fingerprint density at radius 3 is 2.95 bits per heavy atom. The van der Waals surface area contributed by atoms with Crippen molar-refractivity contribution < 1.29 is 0 Å². The third kappa shape index (κ3) is 1.95. The molecule has 3 heteroatoms. The highest BCUT2D eigenvalue weighted by Crippen LogP contribution is 2.53. The van der Waals surface area contributed by atoms with E-state index in [4.69, 9.17) is 5.73 Å². The van der Waals surface area contributed by atoms with Crippen LogP contribution in [-0.4, -0.2) is 4.98 Å². The van der Waals surface area contributed by atoms with Gasteiger partial charge in [-0.15, -0.1) is 0 Å². The summed E-state index contributed by atoms with van der Waals surface area (Å²) in [4.78, 5) is 4.35. The van der Waals surface area contributed by atoms with E-state index in [-0.39, 0.29) is 0 Å². The first-order valence-corrected chi connectivity index (χ1v) is 8.03. The summed E-state index contributed by atoms with van der Waals surface area (Å²) in [7, 11) is 0. The summed E-state index contributed by atoms with van der Waals surface area (Å²) < 4.78 is 1.23. The Kier molecular flexibility index (Phi) is 3.05. The van der Waals surface area contributed by atoms with Crippen LogP contribution in [0.15, 0.2) is 18.2 Å². The third-order valence-corrected chi connectivity index (χ3v) is 6.04. The predicted octanol–water partition coefficient (Wildman–Crippen LogP) is 4.59. The van der Waals surface area contributed by atoms with Gasteiger partial charge in [0, 0.05) is 0 Å². The first-order valence-electron chi connectivity index (χ1n) is 7.21. The highest BCUT2D eigenvalue weighted by atomic mass is 32.1. The lowest BCUT2D eigenvalue weighted by atomic mass is 9.54. The van der Waals surface area contributed by atoms with Gasteiger partial charge in [0.05, 0.1) is 10.2 Å². The van der Waals surface area contributed by atoms with Crippen molar-refractivity contribution in [3.63, 3.8) is 0 Å². The van der Waals surface area contributed by atoms with Crippen LogP contribution in [0.1, 0.15) is 45.6 Å². The van der Waals surface area contributed by atoms with Crippen molar-refractivity contribution in [3.05, 3.63) is 23.8 Å². The number of nitrogens with zero attached hydrogens (tertiary/aromatic N) is 1. The lowest BCUT2D eigenvalue weighted by Crippen LogP contribution is -2.44. The van der Waals surface area contributed by atoms with Crippen LogP contribution in [0.3, 0.4) is 0 Å². The van der Waals surface area contributed by atoms with E-state index in [0.717, 1.165) is 17.4 Å². The van der Waals surface area contributed by atoms with Crippen LogP contribution in [-0.2, 0) is 5.41 Å². The number of anilines is 1. The molecule has 102 valence electrons. The Morgan fingerprint density at radius 1 is 1.53 bits per heavy atom. The molecule has 1 aromatic carbocycles. The molecule has 1 heterocycles. The molecular formula is C16H22N2S. The number of thiazole rings is 1. The predicted molar refractivity (Wildman–Crippen MR) is 83.6 cm³/mol. The summed E-state index contributed by atoms with van der Waals surface area (Å²) in [6.07, 6.45) is 3.95. The molecule has 0 spiro atoms. The maximum Gasteiger partial charge on any atom is 0.181 e. The normalized spacial score (nSPS) is 28.3. The molecule has 3 atom stereocenters. The minimum Gasteiger partial charge on any atom is -0.375 e. The van der Waals surface area contributed by atoms with E-state index in [9.17, 15) is 0 Å². The van der Waals surface area contributed by atoms with Gasteiger partial charge in [-0.1, -0.05) is 44.6 Å². The van der Waals surface area contributed by atoms with Gasteiger partial charge < -0.3 is 5.73 Å². The Hall–Kier alpha value is -1.09. The molecule has 1 aliphatic carbocycles. The van der Waals surface area contributed by atoms with Crippen LogP contribution in [0.4, 0.5) is 5.13 Å². The summed E-state index contributed by atoms with van der Waals surface area (Å²) in [6.45, 7) is 7.13. The number of hydrogen-bond acceptors (Lipinski definition) is 3. The van der Waals surface area contributed by atoms with Crippen molar-refractivity contribution in [1.82, 2.24) is 4.98 Å². The van der Waals surface area contributed by atoms with E-state index in [1.807, 2.05) is 0 Å². The van der Waals surface area contributed by atoms with Crippen molar-refractivity contribution in [3.8, 4) is 0 Å². The first kappa shape index (κ1) is 12.9. The highest BCUT2D eigenvalue weighted by molar-refractivity contribution is 7.22. The fraction of sp³-hybridized carbons (Fsp3) is 0.562. The molecule has 0 aliphatic heterocycles. The number of benzene rings is 1. The number of fused-ring (bicyclic) bond motifs is 1. The lowest BCUT2D eigenvalue weighted by Gasteiger charge is -2.51. The Balaban J connectivity index is 1.99. The summed E-state index contributed by atoms with van der Waals surface area (Å²) in [5.41, 5.74) is 8.66. The zero-order valence-electron chi connectivity index (χ0n) is 11.9. The summed E-state index contributed by atoms with van der Waals surface area (Å²) in [5.74, 6) is 1.63. The van der Waals surface area contributed by atoms with Gasteiger partial charge in [-0.2, -0.15) is 0 Å². The molecule has 0 bridgehead atoms. The summed E-state index contributed by atoms with van der Waals surface area (Å²) in [5, 5.41) is 0.671. The van der Waals surface area contributed by atoms with Crippen LogP contribution in [0, 0.1) is 11.8 Å². The SMILES string of the molecule is CC[C@@H](C)C1CCC1(C)c1ccc2nc(N)sc2c1. The van der Waals surface area contributed by atoms with Crippen LogP contribution in [0.5, 0.6) is 0 Å². The molecule has 1 aliphatic rings. The second-order valence-electron chi connectivity index (χ2n) is 6.18. The van der Waals surface area contributed by atoms with E-state index in [1.165, 1.54) is 29.5 Å². The fourth-order valence-electron chi connectivity index (χ4n) is 3.60. The average Bonchev–Trinajstić information content (AvgIpc) is 2.75. The van der Waals surface area contributed by atoms with Gasteiger partial charge in [0.15, 0.2) is 5.13 Å². The number of nitrogens with two attached hydrogens (primary N) is 1. The molecule has 2 nitrogen and oxygen atoms in total. The fourth-order valence-corrected chi connectivity index (χ4v) is 4.37. The van der Waals surface area contributed by atoms with E-state index < -0.39 is 0 Å². The van der Waals surface area contributed by atoms with Crippen LogP contribution in [0.2, 0.25) is 0 Å². The number of hydrogen-bond donors (Lipinski definition) is 1. The molecule has 3 rings (SSSR count). The van der Waals surface area contributed by atoms with E-state index >= 15 is 0 Å². The van der Waals surface area contributed by atoms with Gasteiger partial charge in [-0.25, -0.2) is 4.98 Å². The topological polar surface area (TPSA) is 38.9 Å². The van der Waals surface area contributed by atoms with Crippen molar-refractivity contribution in [2.45, 2.75) is 45.4 Å². The molecule has 1 saturated carbocycles. The Labute approximate surface area is 119 Å². The van der Waals surface area contributed by atoms with E-state index in [0.29, 0.717) is 10.5 Å². The van der Waals surface area contributed by atoms with Crippen molar-refractivity contribution in [1.29, 1.82) is 0 Å². The number of rotatable bonds is 3. The summed E-state index contributed by atoms with van der Waals surface area (Å²) >= 11 is 1.60. The first-order chi connectivity index (χ1) is 9.04. The maximum absolute atomic E-state index is 5.80. The molecule has 0 amide bonds. The molecule has 1 fully saturated rings. The van der Waals surface area contributed by atoms with Gasteiger partial charge in [-0.05, 0) is 47.8 Å². The maximum atomic E-state index is 5.80. The number of nitrogen functional groups attached to an aromatic ring is 1. The number of aromatic nitrogens is 1. The minimum absolute atomic E-state index is 0.350. The van der Waals surface area contributed by atoms with Crippen molar-refractivity contribution in [2.75, 3.05) is 5.73 Å². The van der Waals surface area contributed by atoms with E-state index in [1.54, 1.807) is 11.3 Å². The lowest BCUT2D eigenvalue weighted by molar-refractivity contribution is 0.0820. The molecule has 0 radical (unpaired) electrons. The highest BCUT2D eigenvalue weighted by Gasteiger charge is 2.45. The van der Waals surface area contributed by atoms with Gasteiger partial charge >= 0.3 is 0 Å². The van der Waals surface area contributed by atoms with Gasteiger partial charge in [-0.3, -0.25) is 0 Å². The minimum atomic E-state index is 0.350. The van der Waals surface area contributed by atoms with Crippen molar-refractivity contribution >= 4 is 26.7 Å². The van der Waals surface area contributed by atoms with Crippen molar-refractivity contribution in [2.24, 2.45) is 11.8 Å². The molecule has 1 aromatic heterocycles. The second-order valence-corrected chi connectivity index (χ2v) is 7.25. The zero-order valence-corrected chi connectivity index (χ0v) is 12.8. The standard InChI is InChI=1S/C16H22N2S/c1-4-10(2)12-7-8-16(12,3)11-5-6-13-14(9-11)19-15(17)18-13/h5-6,9-10,12H,4,7-8H2,1-3H3,(H2,17,18)/t10-,12?,16?/m1/s1. The van der Waals surface area contributed by atoms with Crippen LogP contribution >= 0.6 is 11.3 Å². The summed E-state index contributed by atoms with van der Waals surface area (Å²) in [6, 6.07) is 6.71. The molecular weight excluding hydrogens is 252 g/mol. The molecule has 2 N–H and O–H groups in total. The largest absolute Gasteiger partial charge is 0.375 e. The zero-order chi connectivity index (χ0) is 13.6. The van der Waals surface area contributed by atoms with Gasteiger partial charge in [0.1, 0.15) is 0 Å². The molecule has 2 aromatic rings. The van der Waals surface area contributed by atoms with Gasteiger partial charge in [0.25, 0.3) is 0 Å². The molecule has 0 saturated heterocycles. The molecule has 19 heavy (non-hydrogen) atoms. The van der Waals surface area contributed by atoms with Crippen LogP contribution < -0.4 is 5.73 Å². The smallest absolute Gasteiger partial charge is 0.181 e. The Bertz CT molecular complexity index is 604. The average molecular weight is 274 g/mol. The van der Waals surface area contributed by atoms with Gasteiger partial charge in [0.2, 0.25) is 0 Å². The Morgan fingerprint density at radius 2 is 2.32 bits per heavy atom. The van der Waals surface area contributed by atoms with Crippen LogP contribution in [0.25, 0.3) is 10.2 Å². The van der Waals surface area contributed by atoms with E-state index in [2.05, 4.69) is 44.0 Å². The molecule has 2 unspecified atom stereocenters. The third-order valence-electron chi connectivity index (χ3n) is 5.19. The second kappa shape index (κ2) is 4.48. The quantitative estimate of drug-likeness (QED) is 0.889.